The summed E-state index contributed by atoms with van der Waals surface area (Å²) in [6.07, 6.45) is 5.43. The Morgan fingerprint density at radius 2 is 1.80 bits per heavy atom. The summed E-state index contributed by atoms with van der Waals surface area (Å²) < 4.78 is 14.3. The van der Waals surface area contributed by atoms with Crippen LogP contribution in [-0.2, 0) is 0 Å². The van der Waals surface area contributed by atoms with Crippen LogP contribution in [0.4, 0.5) is 15.9 Å². The molecule has 0 spiro atoms. The van der Waals surface area contributed by atoms with Gasteiger partial charge in [0.15, 0.2) is 23.7 Å². The molecule has 0 radical (unpaired) electrons. The van der Waals surface area contributed by atoms with E-state index in [0.29, 0.717) is 22.8 Å². The van der Waals surface area contributed by atoms with Crippen LogP contribution in [0.5, 0.6) is 0 Å². The highest BCUT2D eigenvalue weighted by atomic mass is 19.1. The molecule has 146 valence electrons. The number of carbonyl (C=O) groups is 1. The molecule has 0 fully saturated rings. The highest BCUT2D eigenvalue weighted by Gasteiger charge is 2.11. The summed E-state index contributed by atoms with van der Waals surface area (Å²) in [5.74, 6) is -0.101. The van der Waals surface area contributed by atoms with Crippen molar-refractivity contribution in [2.45, 2.75) is 0 Å². The second kappa shape index (κ2) is 7.25. The largest absolute Gasteiger partial charge is 0.352 e. The summed E-state index contributed by atoms with van der Waals surface area (Å²) >= 11 is 0. The Hall–Kier alpha value is -4.33. The van der Waals surface area contributed by atoms with Gasteiger partial charge in [-0.2, -0.15) is 5.10 Å². The predicted octanol–water partition coefficient (Wildman–Crippen LogP) is 4.71. The number of carbonyl (C=O) groups excluding carboxylic acids is 1. The predicted molar refractivity (Wildman–Crippen MR) is 112 cm³/mol. The lowest BCUT2D eigenvalue weighted by molar-refractivity contribution is 0.112. The lowest BCUT2D eigenvalue weighted by Gasteiger charge is -2.09. The molecule has 0 saturated heterocycles. The van der Waals surface area contributed by atoms with Crippen LogP contribution in [0.25, 0.3) is 33.4 Å². The molecule has 7 nitrogen and oxygen atoms in total. The third-order valence-corrected chi connectivity index (χ3v) is 4.75. The van der Waals surface area contributed by atoms with Gasteiger partial charge < -0.3 is 10.3 Å². The number of aromatic nitrogens is 5. The fourth-order valence-corrected chi connectivity index (χ4v) is 3.24. The first kappa shape index (κ1) is 17.7. The number of rotatable bonds is 5. The number of aromatic amines is 2. The number of hydrogen-bond donors (Lipinski definition) is 3. The molecule has 0 unspecified atom stereocenters. The summed E-state index contributed by atoms with van der Waals surface area (Å²) in [6, 6.07) is 14.8. The molecule has 0 bridgehead atoms. The second-order valence-corrected chi connectivity index (χ2v) is 6.72. The van der Waals surface area contributed by atoms with Gasteiger partial charge in [0.05, 0.1) is 18.1 Å². The molecule has 8 heteroatoms. The van der Waals surface area contributed by atoms with E-state index < -0.39 is 5.82 Å². The van der Waals surface area contributed by atoms with Crippen molar-refractivity contribution in [2.24, 2.45) is 0 Å². The third kappa shape index (κ3) is 3.30. The Balaban J connectivity index is 1.44. The average molecular weight is 398 g/mol. The minimum Gasteiger partial charge on any atom is -0.352 e. The number of benzene rings is 2. The van der Waals surface area contributed by atoms with Crippen LogP contribution in [0.2, 0.25) is 0 Å². The maximum atomic E-state index is 14.3. The van der Waals surface area contributed by atoms with Crippen LogP contribution in [0, 0.1) is 5.82 Å². The zero-order valence-electron chi connectivity index (χ0n) is 15.6. The van der Waals surface area contributed by atoms with Crippen molar-refractivity contribution in [1.29, 1.82) is 0 Å². The Morgan fingerprint density at radius 3 is 2.57 bits per heavy atom. The van der Waals surface area contributed by atoms with E-state index in [2.05, 4.69) is 30.5 Å². The molecule has 0 aliphatic heterocycles. The van der Waals surface area contributed by atoms with E-state index in [1.54, 1.807) is 18.5 Å². The molecule has 3 heterocycles. The number of nitrogens with zero attached hydrogens (tertiary/aromatic N) is 3. The molecule has 0 saturated carbocycles. The number of nitrogens with one attached hydrogen (secondary N) is 3. The molecule has 30 heavy (non-hydrogen) atoms. The smallest absolute Gasteiger partial charge is 0.184 e. The number of aldehydes is 1. The number of fused-ring (bicyclic) bond motifs is 1. The maximum Gasteiger partial charge on any atom is 0.184 e. The van der Waals surface area contributed by atoms with Crippen molar-refractivity contribution in [2.75, 3.05) is 5.32 Å². The van der Waals surface area contributed by atoms with Crippen LogP contribution in [0.3, 0.4) is 0 Å². The van der Waals surface area contributed by atoms with E-state index in [-0.39, 0.29) is 5.82 Å². The second-order valence-electron chi connectivity index (χ2n) is 6.72. The molecular weight excluding hydrogens is 383 g/mol. The fourth-order valence-electron chi connectivity index (χ4n) is 3.24. The first-order chi connectivity index (χ1) is 14.7. The van der Waals surface area contributed by atoms with E-state index in [4.69, 9.17) is 0 Å². The Labute approximate surface area is 170 Å². The van der Waals surface area contributed by atoms with E-state index in [1.165, 1.54) is 0 Å². The van der Waals surface area contributed by atoms with Gasteiger partial charge in [-0.15, -0.1) is 0 Å². The molecule has 3 aromatic heterocycles. The molecule has 5 rings (SSSR count). The Morgan fingerprint density at radius 1 is 0.967 bits per heavy atom. The fraction of sp³-hybridized carbons (Fsp3) is 0. The van der Waals surface area contributed by atoms with Crippen molar-refractivity contribution < 1.29 is 9.18 Å². The maximum absolute atomic E-state index is 14.3. The minimum absolute atomic E-state index is 0.0798. The van der Waals surface area contributed by atoms with Crippen molar-refractivity contribution >= 4 is 28.7 Å². The average Bonchev–Trinajstić information content (AvgIpc) is 3.45. The van der Waals surface area contributed by atoms with Crippen LogP contribution < -0.4 is 5.32 Å². The molecule has 3 N–H and O–H groups in total. The minimum atomic E-state index is -0.554. The van der Waals surface area contributed by atoms with Crippen LogP contribution in [-0.4, -0.2) is 31.4 Å². The van der Waals surface area contributed by atoms with E-state index in [1.807, 2.05) is 42.5 Å². The van der Waals surface area contributed by atoms with Gasteiger partial charge in [0.1, 0.15) is 0 Å². The van der Waals surface area contributed by atoms with E-state index in [0.717, 1.165) is 34.5 Å². The van der Waals surface area contributed by atoms with Crippen molar-refractivity contribution in [3.63, 3.8) is 0 Å². The monoisotopic (exact) mass is 398 g/mol. The zero-order chi connectivity index (χ0) is 20.5. The lowest BCUT2D eigenvalue weighted by Crippen LogP contribution is -2.00. The van der Waals surface area contributed by atoms with E-state index in [9.17, 15) is 9.18 Å². The summed E-state index contributed by atoms with van der Waals surface area (Å²) in [4.78, 5) is 22.4. The van der Waals surface area contributed by atoms with Crippen LogP contribution in [0.1, 0.15) is 10.5 Å². The van der Waals surface area contributed by atoms with Crippen molar-refractivity contribution in [1.82, 2.24) is 25.1 Å². The van der Waals surface area contributed by atoms with Crippen molar-refractivity contribution in [3.8, 4) is 22.5 Å². The van der Waals surface area contributed by atoms with E-state index >= 15 is 0 Å². The van der Waals surface area contributed by atoms with Crippen LogP contribution in [0.15, 0.2) is 67.1 Å². The molecule has 0 aliphatic carbocycles. The lowest BCUT2D eigenvalue weighted by atomic mass is 10.1. The number of H-pyrrole nitrogens is 2. The van der Waals surface area contributed by atoms with Gasteiger partial charge in [-0.3, -0.25) is 9.89 Å². The molecular formula is C22H15FN6O. The highest BCUT2D eigenvalue weighted by Crippen LogP contribution is 2.26. The topological polar surface area (TPSA) is 99.3 Å². The van der Waals surface area contributed by atoms with Crippen LogP contribution >= 0.6 is 0 Å². The first-order valence-electron chi connectivity index (χ1n) is 9.17. The van der Waals surface area contributed by atoms with Crippen molar-refractivity contribution in [3.05, 3.63) is 78.6 Å². The quantitative estimate of drug-likeness (QED) is 0.372. The standard InChI is InChI=1S/C22H15FN6O/c23-19-11-24-21(15-2-1-14-7-18(12-30)27-20(14)8-15)29-22(19)28-17-5-3-13(4-6-17)16-9-25-26-10-16/h1-12,27H,(H,25,26)(H,24,28,29). The van der Waals surface area contributed by atoms with Gasteiger partial charge in [-0.25, -0.2) is 14.4 Å². The summed E-state index contributed by atoms with van der Waals surface area (Å²) in [5.41, 5.74) is 4.64. The number of halogens is 1. The first-order valence-corrected chi connectivity index (χ1v) is 9.17. The number of hydrogen-bond acceptors (Lipinski definition) is 5. The third-order valence-electron chi connectivity index (χ3n) is 4.75. The Kier molecular flexibility index (Phi) is 4.29. The molecule has 5 aromatic rings. The zero-order valence-corrected chi connectivity index (χ0v) is 15.6. The summed E-state index contributed by atoms with van der Waals surface area (Å²) in [5, 5.41) is 10.6. The van der Waals surface area contributed by atoms with Gasteiger partial charge in [0.2, 0.25) is 0 Å². The molecule has 0 amide bonds. The normalized spacial score (nSPS) is 11.0. The van der Waals surface area contributed by atoms with Gasteiger partial charge in [0.25, 0.3) is 0 Å². The summed E-state index contributed by atoms with van der Waals surface area (Å²) in [7, 11) is 0. The SMILES string of the molecule is O=Cc1cc2ccc(-c3ncc(F)c(Nc4ccc(-c5cn[nH]c5)cc4)n3)cc2[nH]1. The number of anilines is 2. The molecule has 0 aliphatic rings. The van der Waals surface area contributed by atoms with Gasteiger partial charge in [0, 0.05) is 33.9 Å². The highest BCUT2D eigenvalue weighted by molar-refractivity contribution is 5.90. The van der Waals surface area contributed by atoms with Gasteiger partial charge in [-0.1, -0.05) is 24.3 Å². The van der Waals surface area contributed by atoms with Gasteiger partial charge in [-0.05, 0) is 29.8 Å². The molecule has 2 aromatic carbocycles. The molecule has 0 atom stereocenters. The van der Waals surface area contributed by atoms with Gasteiger partial charge >= 0.3 is 0 Å². The Bertz CT molecular complexity index is 1340. The summed E-state index contributed by atoms with van der Waals surface area (Å²) in [6.45, 7) is 0.